The minimum Gasteiger partial charge on any atom is -0.459 e. The highest BCUT2D eigenvalue weighted by atomic mass is 19.1. The quantitative estimate of drug-likeness (QED) is 0.636. The highest BCUT2D eigenvalue weighted by molar-refractivity contribution is 6.02. The molecule has 0 saturated heterocycles. The van der Waals surface area contributed by atoms with Crippen molar-refractivity contribution in [2.75, 3.05) is 17.2 Å². The Balaban J connectivity index is 1.49. The van der Waals surface area contributed by atoms with E-state index in [-0.39, 0.29) is 11.3 Å². The summed E-state index contributed by atoms with van der Waals surface area (Å²) in [5.74, 6) is -1.93. The average Bonchev–Trinajstić information content (AvgIpc) is 3.23. The molecule has 3 rings (SSSR count). The zero-order valence-corrected chi connectivity index (χ0v) is 14.5. The molecule has 142 valence electrons. The van der Waals surface area contributed by atoms with Crippen molar-refractivity contribution >= 4 is 29.2 Å². The van der Waals surface area contributed by atoms with Gasteiger partial charge < -0.3 is 19.8 Å². The average molecular weight is 382 g/mol. The van der Waals surface area contributed by atoms with Gasteiger partial charge in [-0.25, -0.2) is 9.18 Å². The Morgan fingerprint density at radius 2 is 1.54 bits per heavy atom. The Morgan fingerprint density at radius 3 is 2.18 bits per heavy atom. The number of nitrogens with one attached hydrogen (secondary N) is 2. The fraction of sp³-hybridized carbons (Fsp3) is 0.0500. The Hall–Kier alpha value is -3.94. The Bertz CT molecular complexity index is 967. The molecule has 0 aliphatic rings. The van der Waals surface area contributed by atoms with E-state index in [2.05, 4.69) is 10.6 Å². The second kappa shape index (κ2) is 8.63. The molecule has 0 atom stereocenters. The molecule has 8 heteroatoms. The number of hydrogen-bond acceptors (Lipinski definition) is 5. The normalized spacial score (nSPS) is 10.2. The Morgan fingerprint density at radius 1 is 0.893 bits per heavy atom. The molecule has 2 N–H and O–H groups in total. The van der Waals surface area contributed by atoms with E-state index in [9.17, 15) is 18.8 Å². The van der Waals surface area contributed by atoms with Crippen LogP contribution in [0.3, 0.4) is 0 Å². The van der Waals surface area contributed by atoms with Gasteiger partial charge in [0, 0.05) is 11.4 Å². The predicted molar refractivity (Wildman–Crippen MR) is 98.4 cm³/mol. The molecule has 2 aromatic carbocycles. The number of ether oxygens (including phenoxy) is 1. The summed E-state index contributed by atoms with van der Waals surface area (Å²) in [4.78, 5) is 35.7. The minimum atomic E-state index is -0.696. The van der Waals surface area contributed by atoms with Gasteiger partial charge in [0.1, 0.15) is 5.82 Å². The molecule has 0 aliphatic heterocycles. The van der Waals surface area contributed by atoms with Crippen LogP contribution in [0.1, 0.15) is 20.9 Å². The Kier molecular flexibility index (Phi) is 5.81. The zero-order chi connectivity index (χ0) is 19.9. The molecule has 0 unspecified atom stereocenters. The monoisotopic (exact) mass is 382 g/mol. The first-order chi connectivity index (χ1) is 13.5. The number of anilines is 2. The molecule has 0 saturated carbocycles. The smallest absolute Gasteiger partial charge is 0.338 e. The molecular weight excluding hydrogens is 367 g/mol. The van der Waals surface area contributed by atoms with Crippen LogP contribution in [0.5, 0.6) is 0 Å². The minimum absolute atomic E-state index is 0.163. The summed E-state index contributed by atoms with van der Waals surface area (Å²) in [7, 11) is 0. The van der Waals surface area contributed by atoms with Crippen LogP contribution in [0.2, 0.25) is 0 Å². The number of furan rings is 1. The predicted octanol–water partition coefficient (Wildman–Crippen LogP) is 3.47. The summed E-state index contributed by atoms with van der Waals surface area (Å²) in [6.07, 6.45) is 1.39. The van der Waals surface area contributed by atoms with Gasteiger partial charge in [-0.15, -0.1) is 0 Å². The number of carbonyl (C=O) groups is 3. The molecule has 1 aromatic heterocycles. The van der Waals surface area contributed by atoms with Gasteiger partial charge in [-0.05, 0) is 60.7 Å². The number of esters is 1. The van der Waals surface area contributed by atoms with Crippen molar-refractivity contribution in [1.82, 2.24) is 0 Å². The van der Waals surface area contributed by atoms with Crippen molar-refractivity contribution in [2.45, 2.75) is 0 Å². The first-order valence-corrected chi connectivity index (χ1v) is 8.19. The first kappa shape index (κ1) is 18.8. The van der Waals surface area contributed by atoms with E-state index in [1.807, 2.05) is 0 Å². The third-order valence-corrected chi connectivity index (χ3v) is 3.59. The topological polar surface area (TPSA) is 97.6 Å². The van der Waals surface area contributed by atoms with Gasteiger partial charge in [0.25, 0.3) is 11.8 Å². The van der Waals surface area contributed by atoms with Gasteiger partial charge in [-0.3, -0.25) is 9.59 Å². The van der Waals surface area contributed by atoms with Gasteiger partial charge in [0.15, 0.2) is 12.4 Å². The molecule has 0 bridgehead atoms. The van der Waals surface area contributed by atoms with Gasteiger partial charge >= 0.3 is 5.97 Å². The summed E-state index contributed by atoms with van der Waals surface area (Å²) in [6, 6.07) is 14.3. The largest absolute Gasteiger partial charge is 0.459 e. The SMILES string of the molecule is O=C(COC(=O)c1ccc(NC(=O)c2ccco2)cc1)Nc1ccc(F)cc1. The van der Waals surface area contributed by atoms with E-state index < -0.39 is 30.2 Å². The summed E-state index contributed by atoms with van der Waals surface area (Å²) in [6.45, 7) is -0.493. The molecule has 0 aliphatic carbocycles. The van der Waals surface area contributed by atoms with Crippen LogP contribution in [0, 0.1) is 5.82 Å². The molecule has 1 heterocycles. The first-order valence-electron chi connectivity index (χ1n) is 8.19. The van der Waals surface area contributed by atoms with Crippen LogP contribution < -0.4 is 10.6 Å². The van der Waals surface area contributed by atoms with E-state index in [0.29, 0.717) is 11.4 Å². The highest BCUT2D eigenvalue weighted by Gasteiger charge is 2.12. The third kappa shape index (κ3) is 5.04. The number of amides is 2. The molecular formula is C20H15FN2O5. The number of carbonyl (C=O) groups excluding carboxylic acids is 3. The van der Waals surface area contributed by atoms with E-state index in [4.69, 9.17) is 9.15 Å². The number of rotatable bonds is 6. The Labute approximate surface area is 159 Å². The molecule has 28 heavy (non-hydrogen) atoms. The van der Waals surface area contributed by atoms with Crippen LogP contribution >= 0.6 is 0 Å². The molecule has 0 fully saturated rings. The second-order valence-electron chi connectivity index (χ2n) is 5.64. The summed E-state index contributed by atoms with van der Waals surface area (Å²) < 4.78 is 22.8. The van der Waals surface area contributed by atoms with Crippen molar-refractivity contribution in [1.29, 1.82) is 0 Å². The van der Waals surface area contributed by atoms with Crippen LogP contribution in [0.15, 0.2) is 71.3 Å². The van der Waals surface area contributed by atoms with Gasteiger partial charge in [-0.2, -0.15) is 0 Å². The number of benzene rings is 2. The van der Waals surface area contributed by atoms with E-state index >= 15 is 0 Å². The standard InChI is InChI=1S/C20H15FN2O5/c21-14-5-9-15(10-6-14)22-18(24)12-28-20(26)13-3-7-16(8-4-13)23-19(25)17-2-1-11-27-17/h1-11H,12H2,(H,22,24)(H,23,25). The molecule has 7 nitrogen and oxygen atoms in total. The number of hydrogen-bond donors (Lipinski definition) is 2. The second-order valence-corrected chi connectivity index (χ2v) is 5.64. The zero-order valence-electron chi connectivity index (χ0n) is 14.5. The maximum atomic E-state index is 12.8. The summed E-state index contributed by atoms with van der Waals surface area (Å²) in [5, 5.41) is 5.10. The lowest BCUT2D eigenvalue weighted by Gasteiger charge is -2.07. The van der Waals surface area contributed by atoms with Crippen LogP contribution in [-0.4, -0.2) is 24.4 Å². The van der Waals surface area contributed by atoms with Crippen LogP contribution in [0.25, 0.3) is 0 Å². The lowest BCUT2D eigenvalue weighted by molar-refractivity contribution is -0.119. The van der Waals surface area contributed by atoms with Crippen molar-refractivity contribution in [3.63, 3.8) is 0 Å². The van der Waals surface area contributed by atoms with Crippen molar-refractivity contribution < 1.29 is 27.9 Å². The van der Waals surface area contributed by atoms with Crippen LogP contribution in [0.4, 0.5) is 15.8 Å². The maximum absolute atomic E-state index is 12.8. The van der Waals surface area contributed by atoms with E-state index in [0.717, 1.165) is 0 Å². The lowest BCUT2D eigenvalue weighted by Crippen LogP contribution is -2.21. The highest BCUT2D eigenvalue weighted by Crippen LogP contribution is 2.13. The fourth-order valence-electron chi connectivity index (χ4n) is 2.23. The van der Waals surface area contributed by atoms with Crippen molar-refractivity contribution in [3.8, 4) is 0 Å². The molecule has 0 spiro atoms. The van der Waals surface area contributed by atoms with E-state index in [1.54, 1.807) is 6.07 Å². The third-order valence-electron chi connectivity index (χ3n) is 3.59. The van der Waals surface area contributed by atoms with Crippen LogP contribution in [-0.2, 0) is 9.53 Å². The summed E-state index contributed by atoms with van der Waals surface area (Å²) in [5.41, 5.74) is 1.07. The molecule has 2 amide bonds. The van der Waals surface area contributed by atoms with Gasteiger partial charge in [0.05, 0.1) is 11.8 Å². The number of halogens is 1. The lowest BCUT2D eigenvalue weighted by atomic mass is 10.2. The molecule has 0 radical (unpaired) electrons. The maximum Gasteiger partial charge on any atom is 0.338 e. The summed E-state index contributed by atoms with van der Waals surface area (Å²) >= 11 is 0. The molecule has 3 aromatic rings. The van der Waals surface area contributed by atoms with Crippen molar-refractivity contribution in [3.05, 3.63) is 84.1 Å². The van der Waals surface area contributed by atoms with E-state index in [1.165, 1.54) is 60.9 Å². The van der Waals surface area contributed by atoms with Crippen molar-refractivity contribution in [2.24, 2.45) is 0 Å². The fourth-order valence-corrected chi connectivity index (χ4v) is 2.23. The van der Waals surface area contributed by atoms with Gasteiger partial charge in [0.2, 0.25) is 0 Å². The van der Waals surface area contributed by atoms with Gasteiger partial charge in [-0.1, -0.05) is 0 Å².